The molecule has 0 spiro atoms. The van der Waals surface area contributed by atoms with Crippen molar-refractivity contribution in [1.29, 1.82) is 15.8 Å². The average Bonchev–Trinajstić information content (AvgIpc) is 2.88. The third-order valence-electron chi connectivity index (χ3n) is 5.20. The van der Waals surface area contributed by atoms with Crippen molar-refractivity contribution in [3.05, 3.63) is 76.9 Å². The quantitative estimate of drug-likeness (QED) is 0.591. The van der Waals surface area contributed by atoms with Crippen LogP contribution in [0.15, 0.2) is 71.4 Å². The monoisotopic (exact) mass is 351 g/mol. The van der Waals surface area contributed by atoms with Crippen molar-refractivity contribution < 1.29 is 4.58 Å². The number of para-hydroxylation sites is 1. The van der Waals surface area contributed by atoms with E-state index in [1.54, 1.807) is 12.2 Å². The molecule has 1 aliphatic heterocycles. The Bertz CT molecular complexity index is 1050. The van der Waals surface area contributed by atoms with Crippen molar-refractivity contribution in [3.63, 3.8) is 0 Å². The van der Waals surface area contributed by atoms with Crippen molar-refractivity contribution in [1.82, 2.24) is 0 Å². The van der Waals surface area contributed by atoms with E-state index in [-0.39, 0.29) is 16.9 Å². The lowest BCUT2D eigenvalue weighted by atomic mass is 9.80. The van der Waals surface area contributed by atoms with E-state index in [4.69, 9.17) is 10.5 Å². The van der Waals surface area contributed by atoms with E-state index in [9.17, 15) is 5.26 Å². The van der Waals surface area contributed by atoms with Gasteiger partial charge in [0, 0.05) is 34.8 Å². The maximum absolute atomic E-state index is 9.74. The van der Waals surface area contributed by atoms with Gasteiger partial charge in [0.2, 0.25) is 5.69 Å². The highest BCUT2D eigenvalue weighted by atomic mass is 15.0. The minimum absolute atomic E-state index is 0.0740. The molecule has 0 saturated carbocycles. The molecule has 0 fully saturated rings. The lowest BCUT2D eigenvalue weighted by Gasteiger charge is -2.17. The molecule has 130 valence electrons. The van der Waals surface area contributed by atoms with Crippen molar-refractivity contribution in [2.45, 2.75) is 19.3 Å². The number of fused-ring (bicyclic) bond motifs is 1. The molecule has 1 aliphatic carbocycles. The van der Waals surface area contributed by atoms with E-state index in [1.807, 2.05) is 49.5 Å². The summed E-state index contributed by atoms with van der Waals surface area (Å²) in [5.41, 5.74) is 4.53. The summed E-state index contributed by atoms with van der Waals surface area (Å²) in [6, 6.07) is 14.4. The SMILES string of the molecule is C[N+]1=C(/C=C(\C#N)C2C=CC(=C(C#N)C#N)C=C2)C(C)(C)c2ccccc21. The van der Waals surface area contributed by atoms with Gasteiger partial charge in [0.05, 0.1) is 11.5 Å². The van der Waals surface area contributed by atoms with Crippen molar-refractivity contribution in [2.75, 3.05) is 7.05 Å². The van der Waals surface area contributed by atoms with Gasteiger partial charge in [-0.3, -0.25) is 0 Å². The number of benzene rings is 1. The minimum atomic E-state index is -0.199. The molecular weight excluding hydrogens is 332 g/mol. The lowest BCUT2D eigenvalue weighted by Crippen LogP contribution is -2.27. The van der Waals surface area contributed by atoms with E-state index >= 15 is 0 Å². The van der Waals surface area contributed by atoms with Gasteiger partial charge in [0.1, 0.15) is 24.8 Å². The number of hydrogen-bond donors (Lipinski definition) is 0. The summed E-state index contributed by atoms with van der Waals surface area (Å²) in [5.74, 6) is -0.183. The summed E-state index contributed by atoms with van der Waals surface area (Å²) in [6.45, 7) is 4.32. The van der Waals surface area contributed by atoms with Gasteiger partial charge in [0.15, 0.2) is 5.71 Å². The van der Waals surface area contributed by atoms with Gasteiger partial charge in [-0.25, -0.2) is 0 Å². The minimum Gasteiger partial charge on any atom is -0.198 e. The summed E-state index contributed by atoms with van der Waals surface area (Å²) in [7, 11) is 2.02. The van der Waals surface area contributed by atoms with Crippen LogP contribution in [-0.2, 0) is 5.41 Å². The third kappa shape index (κ3) is 3.01. The molecule has 0 N–H and O–H groups in total. The molecule has 1 aromatic carbocycles. The summed E-state index contributed by atoms with van der Waals surface area (Å²) in [6.07, 6.45) is 9.15. The highest BCUT2D eigenvalue weighted by Gasteiger charge is 2.43. The van der Waals surface area contributed by atoms with Gasteiger partial charge in [-0.05, 0) is 13.8 Å². The molecule has 0 radical (unpaired) electrons. The zero-order valence-corrected chi connectivity index (χ0v) is 15.6. The van der Waals surface area contributed by atoms with Crippen molar-refractivity contribution in [3.8, 4) is 18.2 Å². The zero-order valence-electron chi connectivity index (χ0n) is 15.6. The van der Waals surface area contributed by atoms with Crippen molar-refractivity contribution >= 4 is 11.4 Å². The smallest absolute Gasteiger partial charge is 0.198 e. The fourth-order valence-electron chi connectivity index (χ4n) is 3.67. The van der Waals surface area contributed by atoms with Crippen LogP contribution in [0.2, 0.25) is 0 Å². The Kier molecular flexibility index (Phi) is 4.64. The normalized spacial score (nSPS) is 19.9. The van der Waals surface area contributed by atoms with Gasteiger partial charge < -0.3 is 0 Å². The fourth-order valence-corrected chi connectivity index (χ4v) is 3.67. The molecule has 1 heterocycles. The van der Waals surface area contributed by atoms with E-state index in [0.717, 1.165) is 11.4 Å². The maximum atomic E-state index is 9.74. The number of nitriles is 3. The van der Waals surface area contributed by atoms with Crippen LogP contribution in [0, 0.1) is 39.9 Å². The molecule has 0 bridgehead atoms. The van der Waals surface area contributed by atoms with Crippen LogP contribution in [0.1, 0.15) is 19.4 Å². The second kappa shape index (κ2) is 6.91. The van der Waals surface area contributed by atoms with Crippen LogP contribution in [0.25, 0.3) is 0 Å². The average molecular weight is 351 g/mol. The molecule has 4 nitrogen and oxygen atoms in total. The Morgan fingerprint density at radius 1 is 1.04 bits per heavy atom. The molecule has 4 heteroatoms. The summed E-state index contributed by atoms with van der Waals surface area (Å²) in [4.78, 5) is 0. The first-order valence-electron chi connectivity index (χ1n) is 8.67. The third-order valence-corrected chi connectivity index (χ3v) is 5.20. The van der Waals surface area contributed by atoms with Gasteiger partial charge in [-0.1, -0.05) is 42.5 Å². The van der Waals surface area contributed by atoms with E-state index in [0.29, 0.717) is 11.1 Å². The second-order valence-corrected chi connectivity index (χ2v) is 7.10. The van der Waals surface area contributed by atoms with Crippen LogP contribution >= 0.6 is 0 Å². The predicted molar refractivity (Wildman–Crippen MR) is 104 cm³/mol. The van der Waals surface area contributed by atoms with Crippen LogP contribution in [0.4, 0.5) is 5.69 Å². The first kappa shape index (κ1) is 18.1. The number of rotatable bonds is 2. The molecule has 3 rings (SSSR count). The topological polar surface area (TPSA) is 74.4 Å². The van der Waals surface area contributed by atoms with Crippen LogP contribution in [0.3, 0.4) is 0 Å². The fraction of sp³-hybridized carbons (Fsp3) is 0.217. The number of hydrogen-bond acceptors (Lipinski definition) is 3. The lowest BCUT2D eigenvalue weighted by molar-refractivity contribution is -0.401. The summed E-state index contributed by atoms with van der Waals surface area (Å²) in [5, 5.41) is 27.7. The van der Waals surface area contributed by atoms with Crippen LogP contribution in [0.5, 0.6) is 0 Å². The van der Waals surface area contributed by atoms with Crippen molar-refractivity contribution in [2.24, 2.45) is 5.92 Å². The molecule has 0 aromatic heterocycles. The Hall–Kier alpha value is -3.68. The highest BCUT2D eigenvalue weighted by Crippen LogP contribution is 2.39. The standard InChI is InChI=1S/C23H19N4/c1-23(2)20-6-4-5-7-21(20)27(3)22(23)12-18(13-24)16-8-10-17(11-9-16)19(14-25)15-26/h4-12,16H,1-3H3/q+1/b18-12+. The van der Waals surface area contributed by atoms with Crippen LogP contribution < -0.4 is 0 Å². The molecule has 2 aliphatic rings. The Labute approximate surface area is 159 Å². The summed E-state index contributed by atoms with van der Waals surface area (Å²) < 4.78 is 2.14. The molecular formula is C23H19N4+. The highest BCUT2D eigenvalue weighted by molar-refractivity contribution is 6.03. The molecule has 0 unspecified atom stereocenters. The molecule has 0 amide bonds. The van der Waals surface area contributed by atoms with Gasteiger partial charge in [-0.2, -0.15) is 20.4 Å². The second-order valence-electron chi connectivity index (χ2n) is 7.10. The number of allylic oxidation sites excluding steroid dienone is 8. The summed E-state index contributed by atoms with van der Waals surface area (Å²) >= 11 is 0. The first-order chi connectivity index (χ1) is 12.9. The van der Waals surface area contributed by atoms with E-state index < -0.39 is 0 Å². The molecule has 1 aromatic rings. The maximum Gasteiger partial charge on any atom is 0.209 e. The Morgan fingerprint density at radius 2 is 1.67 bits per heavy atom. The molecule has 0 atom stereocenters. The largest absolute Gasteiger partial charge is 0.209 e. The van der Waals surface area contributed by atoms with Gasteiger partial charge >= 0.3 is 0 Å². The number of nitrogens with zero attached hydrogens (tertiary/aromatic N) is 4. The Morgan fingerprint density at radius 3 is 2.22 bits per heavy atom. The van der Waals surface area contributed by atoms with Crippen LogP contribution in [-0.4, -0.2) is 17.3 Å². The Balaban J connectivity index is 2.00. The molecule has 27 heavy (non-hydrogen) atoms. The van der Waals surface area contributed by atoms with E-state index in [1.165, 1.54) is 5.56 Å². The van der Waals surface area contributed by atoms with E-state index in [2.05, 4.69) is 36.6 Å². The predicted octanol–water partition coefficient (Wildman–Crippen LogP) is 4.23. The molecule has 0 saturated heterocycles. The zero-order chi connectivity index (χ0) is 19.6. The van der Waals surface area contributed by atoms with Gasteiger partial charge in [-0.15, -0.1) is 0 Å². The van der Waals surface area contributed by atoms with Gasteiger partial charge in [0.25, 0.3) is 0 Å². The first-order valence-corrected chi connectivity index (χ1v) is 8.67.